The van der Waals surface area contributed by atoms with Crippen molar-refractivity contribution in [2.45, 2.75) is 341 Å². The van der Waals surface area contributed by atoms with Crippen LogP contribution >= 0.6 is 7.82 Å². The van der Waals surface area contributed by atoms with Crippen LogP contribution in [0.1, 0.15) is 335 Å². The Morgan fingerprint density at radius 2 is 0.529 bits per heavy atom. The van der Waals surface area contributed by atoms with Crippen molar-refractivity contribution in [3.8, 4) is 0 Å². The first-order chi connectivity index (χ1) is 50.0. The van der Waals surface area contributed by atoms with Crippen LogP contribution in [0, 0.1) is 0 Å². The highest BCUT2D eigenvalue weighted by Gasteiger charge is 2.22. The Balaban J connectivity index is 3.99. The molecule has 0 aliphatic heterocycles. The summed E-state index contributed by atoms with van der Waals surface area (Å²) in [5.74, 6) is -0.831. The van der Waals surface area contributed by atoms with Crippen molar-refractivity contribution in [1.82, 2.24) is 0 Å². The highest BCUT2D eigenvalue weighted by Crippen LogP contribution is 2.38. The highest BCUT2D eigenvalue weighted by molar-refractivity contribution is 7.45. The van der Waals surface area contributed by atoms with E-state index in [0.717, 1.165) is 135 Å². The number of hydrogen-bond acceptors (Lipinski definition) is 8. The summed E-state index contributed by atoms with van der Waals surface area (Å²) in [6.07, 6.45) is 123. The lowest BCUT2D eigenvalue weighted by molar-refractivity contribution is -0.870. The molecule has 0 fully saturated rings. The molecule has 0 saturated heterocycles. The van der Waals surface area contributed by atoms with Gasteiger partial charge in [-0.3, -0.25) is 14.2 Å². The Morgan fingerprint density at radius 3 is 0.784 bits per heavy atom. The van der Waals surface area contributed by atoms with E-state index in [9.17, 15) is 19.0 Å². The standard InChI is InChI=1S/C92H154NO8P/c1-6-8-10-12-14-16-18-20-22-24-26-28-30-32-34-36-38-40-42-44-46-48-50-52-54-56-58-60-62-64-66-68-70-72-74-76-78-80-82-84-91(94)98-88-90(89-100-102(96,97)99-87-86-93(3,4)5)101-92(95)85-83-81-79-77-75-73-71-69-67-65-63-61-59-57-55-53-51-49-47-45-43-41-39-37-35-33-31-29-27-25-23-21-19-17-15-13-11-9-7-2/h8-11,14-17,20-23,26-29,32-35,38-41,44-47,51,53,90H,6-7,12-13,18-19,24-25,30-31,36-37,42-43,48-50,52,54-89H2,1-5H3/b10-8-,11-9-,16-14-,17-15-,22-20-,23-21-,28-26-,29-27-,34-32-,35-33-,40-38-,41-39-,46-44-,47-45-,53-51-. The van der Waals surface area contributed by atoms with Gasteiger partial charge < -0.3 is 27.9 Å². The number of allylic oxidation sites excluding steroid dienone is 30. The van der Waals surface area contributed by atoms with E-state index in [0.29, 0.717) is 17.4 Å². The maximum absolute atomic E-state index is 12.9. The minimum atomic E-state index is -4.66. The smallest absolute Gasteiger partial charge is 0.306 e. The molecule has 0 bridgehead atoms. The third-order valence-corrected chi connectivity index (χ3v) is 18.4. The number of carbonyl (C=O) groups is 2. The number of nitrogens with zero attached hydrogens (tertiary/aromatic N) is 1. The summed E-state index contributed by atoms with van der Waals surface area (Å²) >= 11 is 0. The molecule has 102 heavy (non-hydrogen) atoms. The molecule has 580 valence electrons. The van der Waals surface area contributed by atoms with Gasteiger partial charge in [-0.25, -0.2) is 0 Å². The molecule has 0 aliphatic carbocycles. The number of phosphoric acid groups is 1. The van der Waals surface area contributed by atoms with Crippen LogP contribution < -0.4 is 4.89 Å². The molecule has 0 saturated carbocycles. The number of esters is 2. The zero-order chi connectivity index (χ0) is 74.0. The van der Waals surface area contributed by atoms with Crippen molar-refractivity contribution in [2.75, 3.05) is 47.5 Å². The Bertz CT molecular complexity index is 2390. The number of quaternary nitrogens is 1. The van der Waals surface area contributed by atoms with Crippen molar-refractivity contribution in [1.29, 1.82) is 0 Å². The fourth-order valence-electron chi connectivity index (χ4n) is 11.2. The third-order valence-electron chi connectivity index (χ3n) is 17.4. The maximum Gasteiger partial charge on any atom is 0.306 e. The zero-order valence-corrected chi connectivity index (χ0v) is 67.1. The molecule has 0 aliphatic rings. The summed E-state index contributed by atoms with van der Waals surface area (Å²) in [5.41, 5.74) is 0. The van der Waals surface area contributed by atoms with Gasteiger partial charge in [0.1, 0.15) is 19.8 Å². The van der Waals surface area contributed by atoms with Crippen molar-refractivity contribution in [3.05, 3.63) is 182 Å². The average Bonchev–Trinajstić information content (AvgIpc) is 0.914. The Hall–Kier alpha value is -4.89. The van der Waals surface area contributed by atoms with Crippen LogP contribution in [-0.2, 0) is 32.7 Å². The largest absolute Gasteiger partial charge is 0.756 e. The van der Waals surface area contributed by atoms with E-state index in [1.807, 2.05) is 21.1 Å². The minimum Gasteiger partial charge on any atom is -0.756 e. The second-order valence-electron chi connectivity index (χ2n) is 28.4. The third kappa shape index (κ3) is 84.1. The van der Waals surface area contributed by atoms with Gasteiger partial charge in [0.05, 0.1) is 27.7 Å². The molecule has 9 nitrogen and oxygen atoms in total. The first kappa shape index (κ1) is 97.1. The van der Waals surface area contributed by atoms with Crippen LogP contribution in [0.3, 0.4) is 0 Å². The monoisotopic (exact) mass is 1430 g/mol. The predicted octanol–water partition coefficient (Wildman–Crippen LogP) is 27.5. The van der Waals surface area contributed by atoms with E-state index in [-0.39, 0.29) is 32.0 Å². The van der Waals surface area contributed by atoms with Gasteiger partial charge in [-0.1, -0.05) is 369 Å². The van der Waals surface area contributed by atoms with Gasteiger partial charge in [0.15, 0.2) is 6.10 Å². The van der Waals surface area contributed by atoms with Gasteiger partial charge in [0, 0.05) is 12.8 Å². The number of unbranched alkanes of at least 4 members (excludes halogenated alkanes) is 31. The van der Waals surface area contributed by atoms with Gasteiger partial charge in [-0.2, -0.15) is 0 Å². The molecule has 0 N–H and O–H groups in total. The van der Waals surface area contributed by atoms with Crippen LogP contribution in [0.2, 0.25) is 0 Å². The first-order valence-corrected chi connectivity index (χ1v) is 43.0. The lowest BCUT2D eigenvalue weighted by Crippen LogP contribution is -2.37. The second-order valence-corrected chi connectivity index (χ2v) is 29.8. The summed E-state index contributed by atoms with van der Waals surface area (Å²) < 4.78 is 34.4. The van der Waals surface area contributed by atoms with Crippen molar-refractivity contribution in [3.63, 3.8) is 0 Å². The van der Waals surface area contributed by atoms with Crippen molar-refractivity contribution in [2.24, 2.45) is 0 Å². The summed E-state index contributed by atoms with van der Waals surface area (Å²) in [4.78, 5) is 38.2. The lowest BCUT2D eigenvalue weighted by atomic mass is 10.0. The van der Waals surface area contributed by atoms with Crippen LogP contribution in [0.5, 0.6) is 0 Å². The molecular weight excluding hydrogens is 1280 g/mol. The number of likely N-dealkylation sites (N-methyl/N-ethyl adjacent to an activating group) is 1. The molecule has 0 heterocycles. The second kappa shape index (κ2) is 80.2. The number of phosphoric ester groups is 1. The summed E-state index contributed by atoms with van der Waals surface area (Å²) in [7, 11) is 1.16. The number of rotatable bonds is 75. The molecule has 0 rings (SSSR count). The minimum absolute atomic E-state index is 0.0365. The molecule has 0 aromatic rings. The molecule has 0 radical (unpaired) electrons. The van der Waals surface area contributed by atoms with E-state index >= 15 is 0 Å². The quantitative estimate of drug-likeness (QED) is 0.0195. The van der Waals surface area contributed by atoms with E-state index in [1.165, 1.54) is 167 Å². The molecule has 2 unspecified atom stereocenters. The van der Waals surface area contributed by atoms with Gasteiger partial charge in [-0.15, -0.1) is 0 Å². The van der Waals surface area contributed by atoms with Gasteiger partial charge in [0.25, 0.3) is 7.82 Å². The average molecular weight is 1430 g/mol. The van der Waals surface area contributed by atoms with E-state index < -0.39 is 26.5 Å². The van der Waals surface area contributed by atoms with Crippen LogP contribution in [0.15, 0.2) is 182 Å². The number of ether oxygens (including phenoxy) is 2. The molecule has 2 atom stereocenters. The van der Waals surface area contributed by atoms with Gasteiger partial charge in [0.2, 0.25) is 0 Å². The van der Waals surface area contributed by atoms with Crippen molar-refractivity contribution >= 4 is 19.8 Å². The van der Waals surface area contributed by atoms with Crippen LogP contribution in [-0.4, -0.2) is 70.0 Å². The summed E-state index contributed by atoms with van der Waals surface area (Å²) in [5, 5.41) is 0. The number of hydrogen-bond donors (Lipinski definition) is 0. The maximum atomic E-state index is 12.9. The van der Waals surface area contributed by atoms with E-state index in [2.05, 4.69) is 196 Å². The molecule has 0 amide bonds. The Morgan fingerprint density at radius 1 is 0.304 bits per heavy atom. The molecule has 0 spiro atoms. The fraction of sp³-hybridized carbons (Fsp3) is 0.652. The molecule has 0 aromatic heterocycles. The highest BCUT2D eigenvalue weighted by atomic mass is 31.2. The van der Waals surface area contributed by atoms with Gasteiger partial charge >= 0.3 is 11.9 Å². The zero-order valence-electron chi connectivity index (χ0n) is 66.2. The summed E-state index contributed by atoms with van der Waals surface area (Å²) in [6, 6.07) is 0. The molecular formula is C92H154NO8P. The molecule has 10 heteroatoms. The van der Waals surface area contributed by atoms with E-state index in [4.69, 9.17) is 18.5 Å². The Labute approximate surface area is 629 Å². The van der Waals surface area contributed by atoms with Crippen LogP contribution in [0.25, 0.3) is 0 Å². The van der Waals surface area contributed by atoms with Gasteiger partial charge in [-0.05, 0) is 135 Å². The summed E-state index contributed by atoms with van der Waals surface area (Å²) in [6.45, 7) is 4.03. The van der Waals surface area contributed by atoms with Crippen molar-refractivity contribution < 1.29 is 42.1 Å². The molecule has 0 aromatic carbocycles. The van der Waals surface area contributed by atoms with Crippen LogP contribution in [0.4, 0.5) is 0 Å². The first-order valence-electron chi connectivity index (χ1n) is 41.5. The van der Waals surface area contributed by atoms with E-state index in [1.54, 1.807) is 0 Å². The SMILES string of the molecule is CC/C=C\C/C=C\C/C=C\C/C=C\C/C=C\C/C=C\C/C=C\C/C=C\CCCCCCCCCCCCCCCCC(=O)OC(COC(=O)CCCCCCCCCCCCCCCCCCC/C=C\C/C=C\C/C=C\C/C=C\C/C=C\C/C=C\C/C=C\CC)COP(=O)([O-])OCC[N+](C)(C)C. The fourth-order valence-corrected chi connectivity index (χ4v) is 11.9. The number of carbonyl (C=O) groups excluding carboxylic acids is 2. The Kier molecular flexibility index (Phi) is 76.4. The normalized spacial score (nSPS) is 14.0. The topological polar surface area (TPSA) is 111 Å². The predicted molar refractivity (Wildman–Crippen MR) is 443 cm³/mol. The lowest BCUT2D eigenvalue weighted by Gasteiger charge is -2.28.